The Labute approximate surface area is 125 Å². The van der Waals surface area contributed by atoms with Gasteiger partial charge in [0.15, 0.2) is 0 Å². The number of nitrogens with one attached hydrogen (secondary N) is 2. The van der Waals surface area contributed by atoms with Crippen LogP contribution in [0.3, 0.4) is 0 Å². The molecule has 2 N–H and O–H groups in total. The molecule has 0 bridgehead atoms. The van der Waals surface area contributed by atoms with Gasteiger partial charge in [-0.05, 0) is 54.3 Å². The minimum absolute atomic E-state index is 0.405. The van der Waals surface area contributed by atoms with Crippen LogP contribution in [0.4, 0.5) is 5.69 Å². The molecule has 0 saturated carbocycles. The normalized spacial score (nSPS) is 17.4. The van der Waals surface area contributed by atoms with Gasteiger partial charge in [0.05, 0.1) is 17.8 Å². The van der Waals surface area contributed by atoms with Gasteiger partial charge in [-0.25, -0.2) is 0 Å². The molecule has 4 rings (SSSR count). The van der Waals surface area contributed by atoms with Gasteiger partial charge in [-0.3, -0.25) is 5.10 Å². The highest BCUT2D eigenvalue weighted by Crippen LogP contribution is 2.35. The molecule has 3 nitrogen and oxygen atoms in total. The molecule has 1 unspecified atom stereocenters. The minimum Gasteiger partial charge on any atom is -0.378 e. The van der Waals surface area contributed by atoms with Crippen molar-refractivity contribution >= 4 is 32.5 Å². The summed E-state index contributed by atoms with van der Waals surface area (Å²) < 4.78 is 1.16. The fraction of sp³-hybridized carbons (Fsp3) is 0.188. The van der Waals surface area contributed by atoms with Crippen LogP contribution in [-0.4, -0.2) is 10.2 Å². The minimum atomic E-state index is 0.405. The van der Waals surface area contributed by atoms with Crippen LogP contribution >= 0.6 is 15.9 Å². The molecule has 0 fully saturated rings. The molecule has 2 aromatic carbocycles. The second-order valence-corrected chi connectivity index (χ2v) is 6.17. The van der Waals surface area contributed by atoms with Crippen LogP contribution < -0.4 is 5.32 Å². The molecule has 0 amide bonds. The molecule has 0 aliphatic heterocycles. The number of hydrogen-bond donors (Lipinski definition) is 2. The molecule has 100 valence electrons. The maximum absolute atomic E-state index is 4.06. The smallest absolute Gasteiger partial charge is 0.0651 e. The van der Waals surface area contributed by atoms with E-state index < -0.39 is 0 Å². The van der Waals surface area contributed by atoms with Crippen molar-refractivity contribution in [2.75, 3.05) is 5.32 Å². The molecule has 1 aliphatic carbocycles. The van der Waals surface area contributed by atoms with Gasteiger partial charge in [0.25, 0.3) is 0 Å². The van der Waals surface area contributed by atoms with E-state index in [9.17, 15) is 0 Å². The van der Waals surface area contributed by atoms with Crippen LogP contribution in [0.25, 0.3) is 10.9 Å². The SMILES string of the molecule is Brc1ccc2c(c1)CCC2Nc1ccc2[nH]ncc2c1. The van der Waals surface area contributed by atoms with Crippen molar-refractivity contribution < 1.29 is 0 Å². The van der Waals surface area contributed by atoms with Crippen LogP contribution in [0.15, 0.2) is 47.1 Å². The van der Waals surface area contributed by atoms with E-state index >= 15 is 0 Å². The number of hydrogen-bond acceptors (Lipinski definition) is 2. The summed E-state index contributed by atoms with van der Waals surface area (Å²) in [4.78, 5) is 0. The molecule has 3 aromatic rings. The van der Waals surface area contributed by atoms with Crippen molar-refractivity contribution in [3.63, 3.8) is 0 Å². The third kappa shape index (κ3) is 2.00. The zero-order chi connectivity index (χ0) is 13.5. The largest absolute Gasteiger partial charge is 0.378 e. The highest BCUT2D eigenvalue weighted by Gasteiger charge is 2.22. The number of fused-ring (bicyclic) bond motifs is 2. The van der Waals surface area contributed by atoms with Gasteiger partial charge in [0.2, 0.25) is 0 Å². The Morgan fingerprint density at radius 2 is 2.15 bits per heavy atom. The Kier molecular flexibility index (Phi) is 2.77. The number of halogens is 1. The molecule has 20 heavy (non-hydrogen) atoms. The highest BCUT2D eigenvalue weighted by atomic mass is 79.9. The topological polar surface area (TPSA) is 40.7 Å². The first-order valence-electron chi connectivity index (χ1n) is 6.77. The van der Waals surface area contributed by atoms with E-state index in [1.54, 1.807) is 0 Å². The van der Waals surface area contributed by atoms with Crippen LogP contribution in [0.1, 0.15) is 23.6 Å². The van der Waals surface area contributed by atoms with E-state index in [4.69, 9.17) is 0 Å². The fourth-order valence-electron chi connectivity index (χ4n) is 2.97. The second-order valence-electron chi connectivity index (χ2n) is 5.25. The Morgan fingerprint density at radius 1 is 1.20 bits per heavy atom. The summed E-state index contributed by atoms with van der Waals surface area (Å²) in [6.45, 7) is 0. The monoisotopic (exact) mass is 327 g/mol. The third-order valence-electron chi connectivity index (χ3n) is 3.96. The van der Waals surface area contributed by atoms with Crippen molar-refractivity contribution in [3.05, 3.63) is 58.2 Å². The summed E-state index contributed by atoms with van der Waals surface area (Å²) in [7, 11) is 0. The average molecular weight is 328 g/mol. The maximum Gasteiger partial charge on any atom is 0.0651 e. The van der Waals surface area contributed by atoms with E-state index in [0.717, 1.165) is 33.9 Å². The van der Waals surface area contributed by atoms with Gasteiger partial charge < -0.3 is 5.32 Å². The first kappa shape index (κ1) is 12.0. The van der Waals surface area contributed by atoms with Gasteiger partial charge in [-0.15, -0.1) is 0 Å². The van der Waals surface area contributed by atoms with Crippen molar-refractivity contribution in [1.29, 1.82) is 0 Å². The molecule has 0 spiro atoms. The Bertz CT molecular complexity index is 778. The molecule has 1 aliphatic rings. The predicted molar refractivity (Wildman–Crippen MR) is 84.9 cm³/mol. The zero-order valence-electron chi connectivity index (χ0n) is 10.9. The Hall–Kier alpha value is -1.81. The average Bonchev–Trinajstić information content (AvgIpc) is 3.05. The first-order valence-corrected chi connectivity index (χ1v) is 7.57. The van der Waals surface area contributed by atoms with Gasteiger partial charge in [0.1, 0.15) is 0 Å². The van der Waals surface area contributed by atoms with Crippen molar-refractivity contribution in [1.82, 2.24) is 10.2 Å². The first-order chi connectivity index (χ1) is 9.79. The summed E-state index contributed by atoms with van der Waals surface area (Å²) in [6, 6.07) is 13.3. The highest BCUT2D eigenvalue weighted by molar-refractivity contribution is 9.10. The van der Waals surface area contributed by atoms with Crippen LogP contribution in [-0.2, 0) is 6.42 Å². The third-order valence-corrected chi connectivity index (χ3v) is 4.46. The van der Waals surface area contributed by atoms with Crippen molar-refractivity contribution in [2.24, 2.45) is 0 Å². The number of rotatable bonds is 2. The molecule has 1 heterocycles. The van der Waals surface area contributed by atoms with Gasteiger partial charge >= 0.3 is 0 Å². The lowest BCUT2D eigenvalue weighted by atomic mass is 10.1. The van der Waals surface area contributed by atoms with Gasteiger partial charge in [-0.1, -0.05) is 22.0 Å². The van der Waals surface area contributed by atoms with Crippen LogP contribution in [0, 0.1) is 0 Å². The van der Waals surface area contributed by atoms with Crippen LogP contribution in [0.2, 0.25) is 0 Å². The number of benzene rings is 2. The Morgan fingerprint density at radius 3 is 3.10 bits per heavy atom. The van der Waals surface area contributed by atoms with E-state index in [1.807, 2.05) is 6.20 Å². The number of aromatic amines is 1. The zero-order valence-corrected chi connectivity index (χ0v) is 12.4. The molecular weight excluding hydrogens is 314 g/mol. The number of aromatic nitrogens is 2. The number of H-pyrrole nitrogens is 1. The molecule has 0 radical (unpaired) electrons. The summed E-state index contributed by atoms with van der Waals surface area (Å²) >= 11 is 3.54. The standard InChI is InChI=1S/C16H14BrN3/c17-12-2-4-14-10(7-12)1-5-16(14)19-13-3-6-15-11(8-13)9-18-20-15/h2-4,6-9,16,19H,1,5H2,(H,18,20). The van der Waals surface area contributed by atoms with E-state index in [-0.39, 0.29) is 0 Å². The maximum atomic E-state index is 4.06. The summed E-state index contributed by atoms with van der Waals surface area (Å²) in [5, 5.41) is 11.8. The van der Waals surface area contributed by atoms with Gasteiger partial charge in [0, 0.05) is 15.5 Å². The summed E-state index contributed by atoms with van der Waals surface area (Å²) in [5.41, 5.74) is 5.09. The lowest BCUT2D eigenvalue weighted by Gasteiger charge is -2.15. The molecule has 0 saturated heterocycles. The lowest BCUT2D eigenvalue weighted by molar-refractivity contribution is 0.762. The van der Waals surface area contributed by atoms with E-state index in [1.165, 1.54) is 11.1 Å². The molecule has 4 heteroatoms. The summed E-state index contributed by atoms with van der Waals surface area (Å²) in [6.07, 6.45) is 4.15. The number of nitrogens with zero attached hydrogens (tertiary/aromatic N) is 1. The molecular formula is C16H14BrN3. The summed E-state index contributed by atoms with van der Waals surface area (Å²) in [5.74, 6) is 0. The van der Waals surface area contributed by atoms with Crippen molar-refractivity contribution in [2.45, 2.75) is 18.9 Å². The Balaban J connectivity index is 1.64. The molecule has 1 aromatic heterocycles. The second kappa shape index (κ2) is 4.63. The quantitative estimate of drug-likeness (QED) is 0.731. The molecule has 1 atom stereocenters. The lowest BCUT2D eigenvalue weighted by Crippen LogP contribution is -2.06. The number of anilines is 1. The van der Waals surface area contributed by atoms with Gasteiger partial charge in [-0.2, -0.15) is 5.10 Å². The van der Waals surface area contributed by atoms with Crippen LogP contribution in [0.5, 0.6) is 0 Å². The number of aryl methyl sites for hydroxylation is 1. The van der Waals surface area contributed by atoms with Crippen molar-refractivity contribution in [3.8, 4) is 0 Å². The predicted octanol–water partition coefficient (Wildman–Crippen LogP) is 4.42. The van der Waals surface area contributed by atoms with E-state index in [0.29, 0.717) is 6.04 Å². The van der Waals surface area contributed by atoms with E-state index in [2.05, 4.69) is 67.8 Å². The fourth-order valence-corrected chi connectivity index (χ4v) is 3.38.